The Bertz CT molecular complexity index is 290. The molecular formula is C15H11Cr2O5+4. The van der Waals surface area contributed by atoms with E-state index in [1.807, 2.05) is 60.7 Å². The van der Waals surface area contributed by atoms with Crippen LogP contribution < -0.4 is 0 Å². The summed E-state index contributed by atoms with van der Waals surface area (Å²) < 4.78 is 30.0. The van der Waals surface area contributed by atoms with Crippen LogP contribution in [-0.2, 0) is 58.1 Å². The van der Waals surface area contributed by atoms with Crippen molar-refractivity contribution >= 4 is 6.79 Å². The average molecular weight is 375 g/mol. The second kappa shape index (κ2) is 93.1. The number of hydrogen-bond donors (Lipinski definition) is 0. The molecular weight excluding hydrogens is 364 g/mol. The van der Waals surface area contributed by atoms with Crippen LogP contribution in [0.1, 0.15) is 0 Å². The van der Waals surface area contributed by atoms with Crippen LogP contribution >= 0.6 is 0 Å². The van der Waals surface area contributed by atoms with E-state index in [0.29, 0.717) is 0 Å². The van der Waals surface area contributed by atoms with E-state index in [2.05, 4.69) is 33.4 Å². The summed E-state index contributed by atoms with van der Waals surface area (Å²) in [5, 5.41) is 0. The molecule has 22 heavy (non-hydrogen) atoms. The molecule has 2 rings (SSSR count). The van der Waals surface area contributed by atoms with Gasteiger partial charge < -0.3 is 35.1 Å². The van der Waals surface area contributed by atoms with Gasteiger partial charge in [-0.3, -0.25) is 6.79 Å². The second-order valence-corrected chi connectivity index (χ2v) is 1.92. The molecule has 0 aliphatic carbocycles. The van der Waals surface area contributed by atoms with Crippen LogP contribution in [0.4, 0.5) is 0 Å². The summed E-state index contributed by atoms with van der Waals surface area (Å²) in [7, 11) is 0. The van der Waals surface area contributed by atoms with Crippen LogP contribution in [-0.4, -0.2) is 6.79 Å². The van der Waals surface area contributed by atoms with E-state index in [9.17, 15) is 0 Å². The molecule has 0 aromatic heterocycles. The first kappa shape index (κ1) is 42.8. The summed E-state index contributed by atoms with van der Waals surface area (Å²) in [6.45, 7) is 21.2. The van der Waals surface area contributed by atoms with E-state index in [4.69, 9.17) is 23.4 Å². The molecule has 7 heteroatoms. The minimum atomic E-state index is 0. The smallest absolute Gasteiger partial charge is 0.748 e. The van der Waals surface area contributed by atoms with E-state index in [1.54, 1.807) is 0 Å². The van der Waals surface area contributed by atoms with Crippen molar-refractivity contribution in [3.8, 4) is 0 Å². The van der Waals surface area contributed by atoms with E-state index < -0.39 is 0 Å². The van der Waals surface area contributed by atoms with Crippen molar-refractivity contribution in [1.29, 1.82) is 0 Å². The molecule has 0 aliphatic heterocycles. The van der Waals surface area contributed by atoms with Crippen LogP contribution in [0.25, 0.3) is 0 Å². The maximum absolute atomic E-state index is 7.75. The Morgan fingerprint density at radius 1 is 0.636 bits per heavy atom. The fourth-order valence-corrected chi connectivity index (χ4v) is 0.642. The average Bonchev–Trinajstić information content (AvgIpc) is 3.34. The van der Waals surface area contributed by atoms with Crippen molar-refractivity contribution in [3.05, 3.63) is 87.3 Å². The molecule has 0 aliphatic rings. The van der Waals surface area contributed by atoms with Gasteiger partial charge in [-0.1, -0.05) is 0 Å². The minimum absolute atomic E-state index is 0. The summed E-state index contributed by atoms with van der Waals surface area (Å²) in [4.78, 5) is 7.75. The maximum Gasteiger partial charge on any atom is 6.00 e. The third kappa shape index (κ3) is 79.0. The first-order chi connectivity index (χ1) is 10.0. The van der Waals surface area contributed by atoms with Gasteiger partial charge in [-0.2, -0.15) is 18.2 Å². The molecule has 0 saturated heterocycles. The van der Waals surface area contributed by atoms with Gasteiger partial charge >= 0.3 is 79.9 Å². The normalized spacial score (nSPS) is 4.18. The Balaban J connectivity index is -0.0000000251. The Labute approximate surface area is 152 Å². The Morgan fingerprint density at radius 3 is 0.909 bits per heavy atom. The van der Waals surface area contributed by atoms with Crippen LogP contribution in [0.15, 0.2) is 60.7 Å². The van der Waals surface area contributed by atoms with Crippen molar-refractivity contribution in [2.75, 3.05) is 0 Å². The standard InChI is InChI=1S/2C5H5.CHO.4CO.2Cr/c2*1-2-4-5-3-1;5*1-2;;/h2*1-5H;1H;;;;;;/q-5;2*-1;;;;;+5;+6. The van der Waals surface area contributed by atoms with Gasteiger partial charge in [0.2, 0.25) is 0 Å². The van der Waals surface area contributed by atoms with Gasteiger partial charge in [0.1, 0.15) is 0 Å². The largest absolute Gasteiger partial charge is 6.00 e. The molecule has 0 atom stereocenters. The van der Waals surface area contributed by atoms with Crippen molar-refractivity contribution in [3.63, 3.8) is 0 Å². The molecule has 2 aromatic carbocycles. The number of carbonyl (C=O) groups excluding carboxylic acids is 1. The van der Waals surface area contributed by atoms with Crippen LogP contribution in [0.3, 0.4) is 0 Å². The quantitative estimate of drug-likeness (QED) is 0.394. The summed E-state index contributed by atoms with van der Waals surface area (Å²) >= 11 is 0. The molecule has 0 heterocycles. The molecule has 109 valence electrons. The third-order valence-corrected chi connectivity index (χ3v) is 1.11. The number of hydrogen-bond acceptors (Lipinski definition) is 1. The third-order valence-electron chi connectivity index (χ3n) is 1.11. The SMILES string of the molecule is [C-]#[O+].[C-]#[O+].[C-]#[O+].[C-]#[O+].[CH-]=O.[Cr+5].[Cr+6].[cH-]1[cH-][cH-][cH-][cH-]1.c1cc[cH-]c1. The molecule has 1 radical (unpaired) electrons. The summed E-state index contributed by atoms with van der Waals surface area (Å²) in [5.74, 6) is 0. The Hall–Kier alpha value is -1.61. The van der Waals surface area contributed by atoms with Crippen LogP contribution in [0.2, 0.25) is 0 Å². The fourth-order valence-electron chi connectivity index (χ4n) is 0.642. The zero-order valence-corrected chi connectivity index (χ0v) is 13.8. The van der Waals surface area contributed by atoms with Gasteiger partial charge in [0.05, 0.1) is 0 Å². The van der Waals surface area contributed by atoms with E-state index >= 15 is 0 Å². The zero-order chi connectivity index (χ0) is 17.1. The molecule has 5 nitrogen and oxygen atoms in total. The van der Waals surface area contributed by atoms with Gasteiger partial charge in [0.25, 0.3) is 0 Å². The molecule has 0 N–H and O–H groups in total. The minimum Gasteiger partial charge on any atom is -0.748 e. The predicted molar refractivity (Wildman–Crippen MR) is 66.5 cm³/mol. The van der Waals surface area contributed by atoms with Crippen molar-refractivity contribution < 1.29 is 58.1 Å². The Kier molecular flexibility index (Phi) is 181. The van der Waals surface area contributed by atoms with Gasteiger partial charge in [0, 0.05) is 0 Å². The van der Waals surface area contributed by atoms with Crippen molar-refractivity contribution in [2.45, 2.75) is 0 Å². The van der Waals surface area contributed by atoms with E-state index in [0.717, 1.165) is 0 Å². The molecule has 0 bridgehead atoms. The Morgan fingerprint density at radius 2 is 0.818 bits per heavy atom. The van der Waals surface area contributed by atoms with Gasteiger partial charge in [0.15, 0.2) is 0 Å². The molecule has 0 unspecified atom stereocenters. The predicted octanol–water partition coefficient (Wildman–Crippen LogP) is 2.38. The van der Waals surface area contributed by atoms with Gasteiger partial charge in [-0.25, -0.2) is 12.1 Å². The number of rotatable bonds is 0. The van der Waals surface area contributed by atoms with E-state index in [1.165, 1.54) is 0 Å². The topological polar surface area (TPSA) is 96.7 Å². The fraction of sp³-hybridized carbons (Fsp3) is 0. The van der Waals surface area contributed by atoms with Crippen molar-refractivity contribution in [2.24, 2.45) is 0 Å². The van der Waals surface area contributed by atoms with Gasteiger partial charge in [-0.05, 0) is 0 Å². The molecule has 0 amide bonds. The molecule has 0 spiro atoms. The molecule has 0 fully saturated rings. The maximum atomic E-state index is 7.75. The summed E-state index contributed by atoms with van der Waals surface area (Å²) in [6.07, 6.45) is 0. The summed E-state index contributed by atoms with van der Waals surface area (Å²) in [5.41, 5.74) is 0. The molecule has 0 saturated carbocycles. The van der Waals surface area contributed by atoms with Crippen molar-refractivity contribution in [1.82, 2.24) is 0 Å². The first-order valence-electron chi connectivity index (χ1n) is 4.39. The monoisotopic (exact) mass is 375 g/mol. The molecule has 2 aromatic rings. The van der Waals surface area contributed by atoms with Crippen LogP contribution in [0, 0.1) is 26.6 Å². The summed E-state index contributed by atoms with van der Waals surface area (Å²) in [6, 6.07) is 20.0. The van der Waals surface area contributed by atoms with Gasteiger partial charge in [-0.15, -0.1) is 0 Å². The zero-order valence-electron chi connectivity index (χ0n) is 11.2. The first-order valence-corrected chi connectivity index (χ1v) is 4.39. The second-order valence-electron chi connectivity index (χ2n) is 1.92. The van der Waals surface area contributed by atoms with Crippen LogP contribution in [0.5, 0.6) is 0 Å². The van der Waals surface area contributed by atoms with E-state index in [-0.39, 0.29) is 34.7 Å².